The van der Waals surface area contributed by atoms with Crippen molar-refractivity contribution in [3.63, 3.8) is 0 Å². The van der Waals surface area contributed by atoms with E-state index in [9.17, 15) is 0 Å². The molecule has 3 N–H and O–H groups in total. The molecule has 40 valence electrons. The van der Waals surface area contributed by atoms with Crippen molar-refractivity contribution in [1.29, 1.82) is 0 Å². The van der Waals surface area contributed by atoms with E-state index < -0.39 is 14.5 Å². The van der Waals surface area contributed by atoms with Crippen LogP contribution in [-0.4, -0.2) is 53.0 Å². The van der Waals surface area contributed by atoms with E-state index in [-0.39, 0.29) is 26.2 Å². The van der Waals surface area contributed by atoms with E-state index in [1.807, 2.05) is 0 Å². The topological polar surface area (TPSA) is 77.8 Å². The van der Waals surface area contributed by atoms with Crippen molar-refractivity contribution in [3.8, 4) is 0 Å². The molecule has 0 aliphatic heterocycles. The van der Waals surface area contributed by atoms with Crippen molar-refractivity contribution in [1.82, 2.24) is 0 Å². The molecule has 0 atom stereocenters. The van der Waals surface area contributed by atoms with E-state index in [0.717, 1.165) is 0 Å². The van der Waals surface area contributed by atoms with Gasteiger partial charge in [0.1, 0.15) is 0 Å². The van der Waals surface area contributed by atoms with Crippen LogP contribution in [0.25, 0.3) is 0 Å². The van der Waals surface area contributed by atoms with Crippen LogP contribution in [0.15, 0.2) is 0 Å². The summed E-state index contributed by atoms with van der Waals surface area (Å²) in [5, 5.41) is 0. The maximum atomic E-state index is 8.94. The van der Waals surface area contributed by atoms with Gasteiger partial charge < -0.3 is 0 Å². The van der Waals surface area contributed by atoms with Gasteiger partial charge in [-0.2, -0.15) is 0 Å². The van der Waals surface area contributed by atoms with Gasteiger partial charge >= 0.3 is 56.7 Å². The van der Waals surface area contributed by atoms with Crippen molar-refractivity contribution < 1.29 is 16.0 Å². The summed E-state index contributed by atoms with van der Waals surface area (Å²) in [6, 6.07) is 0. The van der Waals surface area contributed by atoms with Gasteiger partial charge in [-0.15, -0.1) is 0 Å². The van der Waals surface area contributed by atoms with Crippen LogP contribution in [-0.2, 0) is 3.74 Å². The molecule has 0 bridgehead atoms. The van der Waals surface area contributed by atoms with Gasteiger partial charge in [0.2, 0.25) is 0 Å². The van der Waals surface area contributed by atoms with Crippen molar-refractivity contribution in [2.45, 2.75) is 0 Å². The SMILES string of the molecule is O=[As](O)(O)O.[BiH3]. The van der Waals surface area contributed by atoms with Gasteiger partial charge in [0.05, 0.1) is 0 Å². The van der Waals surface area contributed by atoms with Crippen LogP contribution in [0.4, 0.5) is 0 Å². The zero-order valence-corrected chi connectivity index (χ0v) is 10.3. The molecule has 0 saturated carbocycles. The first kappa shape index (κ1) is 10.2. The predicted molar refractivity (Wildman–Crippen MR) is 23.0 cm³/mol. The first-order chi connectivity index (χ1) is 2.00. The molecule has 0 fully saturated rings. The van der Waals surface area contributed by atoms with Crippen LogP contribution in [0, 0.1) is 0 Å². The second-order valence-electron chi connectivity index (χ2n) is 0.513. The Hall–Kier alpha value is 1.12. The quantitative estimate of drug-likeness (QED) is 0.398. The molecule has 0 spiro atoms. The fraction of sp³-hybridized carbons (Fsp3) is 0. The molecule has 0 aliphatic rings. The van der Waals surface area contributed by atoms with Gasteiger partial charge in [0.25, 0.3) is 0 Å². The fourth-order valence-electron chi connectivity index (χ4n) is 0. The average Bonchev–Trinajstić information content (AvgIpc) is 0.722. The summed E-state index contributed by atoms with van der Waals surface area (Å²) in [7, 11) is 0. The number of hydrogen-bond acceptors (Lipinski definition) is 1. The van der Waals surface area contributed by atoms with E-state index in [1.165, 1.54) is 0 Å². The second kappa shape index (κ2) is 3.17. The van der Waals surface area contributed by atoms with Crippen molar-refractivity contribution in [2.75, 3.05) is 0 Å². The van der Waals surface area contributed by atoms with Gasteiger partial charge in [0, 0.05) is 0 Å². The molecular formula is H6AsBiO4. The Kier molecular flexibility index (Phi) is 5.37. The third-order valence-corrected chi connectivity index (χ3v) is 0. The van der Waals surface area contributed by atoms with Gasteiger partial charge in [-0.1, -0.05) is 0 Å². The Morgan fingerprint density at radius 3 is 1.17 bits per heavy atom. The molecule has 0 aromatic carbocycles. The maximum absolute atomic E-state index is 8.94. The van der Waals surface area contributed by atoms with Crippen molar-refractivity contribution in [3.05, 3.63) is 0 Å². The predicted octanol–water partition coefficient (Wildman–Crippen LogP) is -3.35. The van der Waals surface area contributed by atoms with E-state index >= 15 is 0 Å². The zero-order valence-electron chi connectivity index (χ0n) is 2.90. The fourth-order valence-corrected chi connectivity index (χ4v) is 0. The van der Waals surface area contributed by atoms with Gasteiger partial charge in [0.15, 0.2) is 0 Å². The normalized spacial score (nSPS) is 9.83. The van der Waals surface area contributed by atoms with Crippen LogP contribution in [0.3, 0.4) is 0 Å². The van der Waals surface area contributed by atoms with Crippen LogP contribution < -0.4 is 0 Å². The van der Waals surface area contributed by atoms with Gasteiger partial charge in [-0.05, 0) is 0 Å². The molecule has 0 unspecified atom stereocenters. The molecular weight excluding hydrogens is 348 g/mol. The van der Waals surface area contributed by atoms with Crippen LogP contribution >= 0.6 is 0 Å². The summed E-state index contributed by atoms with van der Waals surface area (Å²) in [6.45, 7) is 0. The Bertz CT molecular complexity index is 53.7. The third-order valence-electron chi connectivity index (χ3n) is 0. The zero-order chi connectivity index (χ0) is 4.50. The van der Waals surface area contributed by atoms with Crippen molar-refractivity contribution >= 4 is 40.7 Å². The molecule has 0 aromatic heterocycles. The molecule has 0 aliphatic carbocycles. The molecule has 0 aromatic rings. The first-order valence-corrected chi connectivity index (χ1v) is 4.07. The first-order valence-electron chi connectivity index (χ1n) is 0.783. The van der Waals surface area contributed by atoms with E-state index in [1.54, 1.807) is 0 Å². The summed E-state index contributed by atoms with van der Waals surface area (Å²) in [5.41, 5.74) is 0. The summed E-state index contributed by atoms with van der Waals surface area (Å²) in [4.78, 5) is 0. The number of hydrogen-bond donors (Lipinski definition) is 3. The van der Waals surface area contributed by atoms with E-state index in [0.29, 0.717) is 0 Å². The van der Waals surface area contributed by atoms with Gasteiger partial charge in [-0.3, -0.25) is 0 Å². The van der Waals surface area contributed by atoms with Crippen molar-refractivity contribution in [2.24, 2.45) is 0 Å². The summed E-state index contributed by atoms with van der Waals surface area (Å²) < 4.78 is 30.7. The Labute approximate surface area is 56.7 Å². The second-order valence-corrected chi connectivity index (χ2v) is 2.67. The van der Waals surface area contributed by atoms with Gasteiger partial charge in [-0.25, -0.2) is 0 Å². The van der Waals surface area contributed by atoms with Crippen LogP contribution in [0.2, 0.25) is 0 Å². The minimum absolute atomic E-state index is 0. The minimum atomic E-state index is -5.12. The molecule has 0 amide bonds. The molecule has 6 heteroatoms. The number of rotatable bonds is 0. The van der Waals surface area contributed by atoms with E-state index in [4.69, 9.17) is 16.0 Å². The third kappa shape index (κ3) is 69.2. The average molecular weight is 354 g/mol. The van der Waals surface area contributed by atoms with Crippen LogP contribution in [0.5, 0.6) is 0 Å². The molecule has 0 saturated heterocycles. The summed E-state index contributed by atoms with van der Waals surface area (Å²) in [5.74, 6) is 0. The molecule has 0 rings (SSSR count). The summed E-state index contributed by atoms with van der Waals surface area (Å²) >= 11 is -5.12. The molecule has 0 heterocycles. The molecule has 0 radical (unpaired) electrons. The summed E-state index contributed by atoms with van der Waals surface area (Å²) in [6.07, 6.45) is 0. The monoisotopic (exact) mass is 354 g/mol. The molecule has 6 heavy (non-hydrogen) atoms. The van der Waals surface area contributed by atoms with E-state index in [2.05, 4.69) is 0 Å². The Morgan fingerprint density at radius 2 is 1.17 bits per heavy atom. The van der Waals surface area contributed by atoms with Crippen LogP contribution in [0.1, 0.15) is 0 Å². The standard InChI is InChI=1S/AsH3O4.Bi.3H/c2-1(3,4)5;;;;/h(H3,2,3,4,5);;;;. The Balaban J connectivity index is 0. The Morgan fingerprint density at radius 1 is 1.17 bits per heavy atom. The molecule has 4 nitrogen and oxygen atoms in total.